The molecule has 0 aliphatic heterocycles. The van der Waals surface area contributed by atoms with E-state index in [0.29, 0.717) is 0 Å². The Morgan fingerprint density at radius 3 is 1.50 bits per heavy atom. The van der Waals surface area contributed by atoms with E-state index in [2.05, 4.69) is 48.5 Å². The normalized spacial score (nSPS) is 11.3. The van der Waals surface area contributed by atoms with E-state index in [-0.39, 0.29) is 0 Å². The summed E-state index contributed by atoms with van der Waals surface area (Å²) in [6, 6.07) is 17.4. The topological polar surface area (TPSA) is 0 Å². The molecule has 4 bridgehead atoms. The van der Waals surface area contributed by atoms with E-state index < -0.39 is 0 Å². The second-order valence-electron chi connectivity index (χ2n) is 3.16. The van der Waals surface area contributed by atoms with Gasteiger partial charge in [0.15, 0.2) is 0 Å². The van der Waals surface area contributed by atoms with Gasteiger partial charge in [-0.25, -0.2) is 0 Å². The van der Waals surface area contributed by atoms with Gasteiger partial charge >= 0.3 is 0 Å². The summed E-state index contributed by atoms with van der Waals surface area (Å²) in [5.74, 6) is 0. The van der Waals surface area contributed by atoms with E-state index in [9.17, 15) is 0 Å². The molecule has 0 heteroatoms. The first kappa shape index (κ1) is 6.01. The van der Waals surface area contributed by atoms with E-state index in [4.69, 9.17) is 0 Å². The largest absolute Gasteiger partial charge is 0.0610 e. The van der Waals surface area contributed by atoms with E-state index >= 15 is 0 Å². The summed E-state index contributed by atoms with van der Waals surface area (Å²) in [4.78, 5) is 0. The first-order valence-corrected chi connectivity index (χ1v) is 4.14. The predicted molar refractivity (Wildman–Crippen MR) is 50.9 cm³/mol. The van der Waals surface area contributed by atoms with Crippen LogP contribution in [0.25, 0.3) is 22.3 Å². The van der Waals surface area contributed by atoms with Crippen molar-refractivity contribution in [3.05, 3.63) is 48.5 Å². The zero-order valence-corrected chi connectivity index (χ0v) is 6.62. The number of fused-ring (bicyclic) bond motifs is 2. The summed E-state index contributed by atoms with van der Waals surface area (Å²) in [7, 11) is 0. The molecule has 0 saturated heterocycles. The minimum atomic E-state index is 1.32. The summed E-state index contributed by atoms with van der Waals surface area (Å²) in [5.41, 5.74) is 5.29. The Morgan fingerprint density at radius 1 is 0.500 bits per heavy atom. The van der Waals surface area contributed by atoms with Crippen molar-refractivity contribution in [1.82, 2.24) is 0 Å². The monoisotopic (exact) mass is 152 g/mol. The Kier molecular flexibility index (Phi) is 0.991. The van der Waals surface area contributed by atoms with Crippen LogP contribution in [0.2, 0.25) is 0 Å². The lowest BCUT2D eigenvalue weighted by Gasteiger charge is -1.96. The Hall–Kier alpha value is -1.56. The van der Waals surface area contributed by atoms with Crippen LogP contribution in [-0.2, 0) is 0 Å². The Morgan fingerprint density at radius 2 is 1.00 bits per heavy atom. The minimum absolute atomic E-state index is 1.32. The highest BCUT2D eigenvalue weighted by Gasteiger charge is 2.05. The molecule has 2 aromatic carbocycles. The van der Waals surface area contributed by atoms with E-state index in [0.717, 1.165) is 0 Å². The quantitative estimate of drug-likeness (QED) is 0.463. The summed E-state index contributed by atoms with van der Waals surface area (Å²) >= 11 is 0. The lowest BCUT2D eigenvalue weighted by molar-refractivity contribution is 1.70. The van der Waals surface area contributed by atoms with Crippen molar-refractivity contribution in [2.75, 3.05) is 0 Å². The molecule has 2 aliphatic rings. The fraction of sp³-hybridized carbons (Fsp3) is 0. The molecule has 0 heterocycles. The molecule has 0 atom stereocenters. The zero-order valence-electron chi connectivity index (χ0n) is 6.62. The Labute approximate surface area is 71.5 Å². The molecule has 4 rings (SSSR count). The molecule has 0 fully saturated rings. The molecule has 12 heavy (non-hydrogen) atoms. The van der Waals surface area contributed by atoms with Crippen LogP contribution in [0.5, 0.6) is 0 Å². The average Bonchev–Trinajstić information content (AvgIpc) is 2.34. The molecule has 0 unspecified atom stereocenters. The molecule has 56 valence electrons. The van der Waals surface area contributed by atoms with Gasteiger partial charge in [-0.2, -0.15) is 0 Å². The maximum absolute atomic E-state index is 2.24. The third-order valence-corrected chi connectivity index (χ3v) is 2.41. The molecular weight excluding hydrogens is 144 g/mol. The number of rotatable bonds is 0. The van der Waals surface area contributed by atoms with Crippen molar-refractivity contribution in [1.29, 1.82) is 0 Å². The van der Waals surface area contributed by atoms with Crippen molar-refractivity contribution < 1.29 is 0 Å². The van der Waals surface area contributed by atoms with Crippen LogP contribution in [0, 0.1) is 0 Å². The Bertz CT molecular complexity index is 386. The molecule has 0 amide bonds. The third-order valence-electron chi connectivity index (χ3n) is 2.41. The van der Waals surface area contributed by atoms with Crippen LogP contribution in [-0.4, -0.2) is 0 Å². The lowest BCUT2D eigenvalue weighted by Crippen LogP contribution is -1.70. The highest BCUT2D eigenvalue weighted by atomic mass is 14.1. The van der Waals surface area contributed by atoms with Gasteiger partial charge in [0.05, 0.1) is 0 Å². The SMILES string of the molecule is c1cc2cc(c1)-c1ccc-2cc1. The maximum atomic E-state index is 2.24. The molecule has 0 aromatic heterocycles. The molecule has 0 radical (unpaired) electrons. The Balaban J connectivity index is 2.53. The number of hydrogen-bond donors (Lipinski definition) is 0. The van der Waals surface area contributed by atoms with Gasteiger partial charge < -0.3 is 0 Å². The van der Waals surface area contributed by atoms with Crippen molar-refractivity contribution >= 4 is 0 Å². The minimum Gasteiger partial charge on any atom is -0.0610 e. The maximum Gasteiger partial charge on any atom is -0.0178 e. The van der Waals surface area contributed by atoms with Crippen LogP contribution in [0.15, 0.2) is 48.5 Å². The second-order valence-corrected chi connectivity index (χ2v) is 3.16. The predicted octanol–water partition coefficient (Wildman–Crippen LogP) is 3.33. The lowest BCUT2D eigenvalue weighted by atomic mass is 10.1. The van der Waals surface area contributed by atoms with Gasteiger partial charge in [-0.3, -0.25) is 0 Å². The number of benzene rings is 2. The van der Waals surface area contributed by atoms with Gasteiger partial charge in [0.1, 0.15) is 0 Å². The van der Waals surface area contributed by atoms with Gasteiger partial charge in [-0.05, 0) is 28.3 Å². The molecule has 2 aliphatic carbocycles. The number of hydrogen-bond acceptors (Lipinski definition) is 0. The first-order chi connectivity index (χ1) is 5.93. The van der Waals surface area contributed by atoms with E-state index in [1.807, 2.05) is 0 Å². The van der Waals surface area contributed by atoms with Crippen molar-refractivity contribution in [3.8, 4) is 22.3 Å². The van der Waals surface area contributed by atoms with Gasteiger partial charge in [0.25, 0.3) is 0 Å². The summed E-state index contributed by atoms with van der Waals surface area (Å²) in [6.45, 7) is 0. The van der Waals surface area contributed by atoms with Gasteiger partial charge in [-0.15, -0.1) is 0 Å². The standard InChI is InChI=1S/C12H8/c1-2-11-8-12(3-1)10-6-4-9(11)5-7-10/h1-8H. The molecule has 0 N–H and O–H groups in total. The smallest absolute Gasteiger partial charge is 0.0178 e. The fourth-order valence-electron chi connectivity index (χ4n) is 1.73. The van der Waals surface area contributed by atoms with Crippen LogP contribution in [0.4, 0.5) is 0 Å². The highest BCUT2D eigenvalue weighted by molar-refractivity contribution is 5.78. The summed E-state index contributed by atoms with van der Waals surface area (Å²) < 4.78 is 0. The van der Waals surface area contributed by atoms with Crippen LogP contribution >= 0.6 is 0 Å². The third kappa shape index (κ3) is 0.668. The molecule has 0 saturated carbocycles. The van der Waals surface area contributed by atoms with Crippen molar-refractivity contribution in [2.24, 2.45) is 0 Å². The summed E-state index contributed by atoms with van der Waals surface area (Å²) in [6.07, 6.45) is 0. The van der Waals surface area contributed by atoms with Gasteiger partial charge in [-0.1, -0.05) is 42.5 Å². The first-order valence-electron chi connectivity index (χ1n) is 4.14. The molecule has 0 spiro atoms. The zero-order chi connectivity index (χ0) is 7.97. The molecule has 2 aromatic rings. The van der Waals surface area contributed by atoms with Crippen molar-refractivity contribution in [2.45, 2.75) is 0 Å². The molecular formula is C12H8. The van der Waals surface area contributed by atoms with Crippen LogP contribution in [0.3, 0.4) is 0 Å². The van der Waals surface area contributed by atoms with Crippen LogP contribution < -0.4 is 0 Å². The average molecular weight is 152 g/mol. The second kappa shape index (κ2) is 1.98. The molecule has 0 nitrogen and oxygen atoms in total. The highest BCUT2D eigenvalue weighted by Crippen LogP contribution is 2.31. The van der Waals surface area contributed by atoms with E-state index in [1.54, 1.807) is 0 Å². The van der Waals surface area contributed by atoms with Crippen molar-refractivity contribution in [3.63, 3.8) is 0 Å². The van der Waals surface area contributed by atoms with E-state index in [1.165, 1.54) is 22.3 Å². The van der Waals surface area contributed by atoms with Gasteiger partial charge in [0, 0.05) is 0 Å². The fourth-order valence-corrected chi connectivity index (χ4v) is 1.73. The van der Waals surface area contributed by atoms with Crippen LogP contribution in [0.1, 0.15) is 0 Å². The summed E-state index contributed by atoms with van der Waals surface area (Å²) in [5, 5.41) is 0. The van der Waals surface area contributed by atoms with Gasteiger partial charge in [0.2, 0.25) is 0 Å².